The lowest BCUT2D eigenvalue weighted by Gasteiger charge is -2.30. The summed E-state index contributed by atoms with van der Waals surface area (Å²) >= 11 is 0. The summed E-state index contributed by atoms with van der Waals surface area (Å²) in [4.78, 5) is 9.42. The first kappa shape index (κ1) is 17.8. The van der Waals surface area contributed by atoms with Crippen molar-refractivity contribution in [2.24, 2.45) is 0 Å². The van der Waals surface area contributed by atoms with Crippen LogP contribution in [0.4, 0.5) is 17.3 Å². The molecule has 0 aliphatic carbocycles. The summed E-state index contributed by atoms with van der Waals surface area (Å²) in [5, 5.41) is 8.10. The highest BCUT2D eigenvalue weighted by molar-refractivity contribution is 5.63. The lowest BCUT2D eigenvalue weighted by atomic mass is 10.2. The predicted molar refractivity (Wildman–Crippen MR) is 111 cm³/mol. The normalized spacial score (nSPS) is 14.6. The largest absolute Gasteiger partial charge is 0.369 e. The van der Waals surface area contributed by atoms with E-state index in [1.165, 1.54) is 18.5 Å². The van der Waals surface area contributed by atoms with Crippen molar-refractivity contribution in [3.63, 3.8) is 0 Å². The average Bonchev–Trinajstić information content (AvgIpc) is 3.16. The lowest BCUT2D eigenvalue weighted by molar-refractivity contribution is 0.589. The van der Waals surface area contributed by atoms with Crippen LogP contribution in [-0.4, -0.2) is 47.3 Å². The molecule has 0 unspecified atom stereocenters. The maximum atomic E-state index is 4.74. The van der Waals surface area contributed by atoms with Crippen LogP contribution in [0.2, 0.25) is 0 Å². The van der Waals surface area contributed by atoms with E-state index in [0.717, 1.165) is 56.4 Å². The Hall–Kier alpha value is -2.60. The number of rotatable bonds is 7. The minimum atomic E-state index is 0.771. The number of aromatic nitrogens is 3. The standard InChI is InChI=1S/C21H28N6/c1-2-3-5-14-26(21-23-20-7-4-6-15-27(20)24-21)19-10-8-18(9-11-19)25-16-12-22-13-17-25/h4,6-11,15,22H,2-3,5,12-14,16-17H2,1H3. The summed E-state index contributed by atoms with van der Waals surface area (Å²) in [5.41, 5.74) is 3.32. The van der Waals surface area contributed by atoms with Gasteiger partial charge in [-0.15, -0.1) is 5.10 Å². The highest BCUT2D eigenvalue weighted by Crippen LogP contribution is 2.26. The molecule has 6 nitrogen and oxygen atoms in total. The highest BCUT2D eigenvalue weighted by Gasteiger charge is 2.16. The summed E-state index contributed by atoms with van der Waals surface area (Å²) in [7, 11) is 0. The average molecular weight is 364 g/mol. The number of nitrogens with one attached hydrogen (secondary N) is 1. The first-order valence-corrected chi connectivity index (χ1v) is 10.00. The Morgan fingerprint density at radius 2 is 1.85 bits per heavy atom. The lowest BCUT2D eigenvalue weighted by Crippen LogP contribution is -2.43. The molecule has 1 N–H and O–H groups in total. The number of hydrogen-bond donors (Lipinski definition) is 1. The van der Waals surface area contributed by atoms with Crippen molar-refractivity contribution >= 4 is 23.0 Å². The molecule has 0 saturated carbocycles. The molecule has 0 bridgehead atoms. The maximum Gasteiger partial charge on any atom is 0.250 e. The number of piperazine rings is 1. The fraction of sp³-hybridized carbons (Fsp3) is 0.429. The Bertz CT molecular complexity index is 817. The Labute approximate surface area is 160 Å². The van der Waals surface area contributed by atoms with Crippen LogP contribution in [0.3, 0.4) is 0 Å². The Morgan fingerprint density at radius 1 is 1.04 bits per heavy atom. The van der Waals surface area contributed by atoms with Gasteiger partial charge in [0.15, 0.2) is 5.65 Å². The van der Waals surface area contributed by atoms with E-state index in [0.29, 0.717) is 0 Å². The van der Waals surface area contributed by atoms with E-state index in [1.807, 2.05) is 28.9 Å². The van der Waals surface area contributed by atoms with E-state index in [9.17, 15) is 0 Å². The summed E-state index contributed by atoms with van der Waals surface area (Å²) in [6.45, 7) is 7.39. The van der Waals surface area contributed by atoms with E-state index in [2.05, 4.69) is 46.3 Å². The van der Waals surface area contributed by atoms with Gasteiger partial charge in [0.1, 0.15) is 0 Å². The van der Waals surface area contributed by atoms with Gasteiger partial charge in [-0.3, -0.25) is 0 Å². The molecule has 3 heterocycles. The van der Waals surface area contributed by atoms with Gasteiger partial charge in [0.25, 0.3) is 0 Å². The molecular weight excluding hydrogens is 336 g/mol. The van der Waals surface area contributed by atoms with E-state index in [1.54, 1.807) is 0 Å². The van der Waals surface area contributed by atoms with Gasteiger partial charge in [-0.2, -0.15) is 4.98 Å². The molecule has 3 aromatic rings. The molecule has 0 atom stereocenters. The zero-order chi connectivity index (χ0) is 18.5. The van der Waals surface area contributed by atoms with Crippen LogP contribution in [0, 0.1) is 0 Å². The third-order valence-electron chi connectivity index (χ3n) is 5.10. The third kappa shape index (κ3) is 4.06. The molecule has 0 amide bonds. The van der Waals surface area contributed by atoms with Gasteiger partial charge in [-0.25, -0.2) is 4.52 Å². The summed E-state index contributed by atoms with van der Waals surface area (Å²) < 4.78 is 1.84. The summed E-state index contributed by atoms with van der Waals surface area (Å²) in [5.74, 6) is 0.771. The monoisotopic (exact) mass is 364 g/mol. The Kier molecular flexibility index (Phi) is 5.53. The molecule has 142 valence electrons. The molecule has 1 saturated heterocycles. The minimum Gasteiger partial charge on any atom is -0.369 e. The van der Waals surface area contributed by atoms with E-state index >= 15 is 0 Å². The molecular formula is C21H28N6. The minimum absolute atomic E-state index is 0.771. The molecule has 2 aromatic heterocycles. The molecule has 1 fully saturated rings. The van der Waals surface area contributed by atoms with Gasteiger partial charge in [0, 0.05) is 50.3 Å². The van der Waals surface area contributed by atoms with Gasteiger partial charge < -0.3 is 15.1 Å². The molecule has 0 spiro atoms. The topological polar surface area (TPSA) is 48.7 Å². The zero-order valence-corrected chi connectivity index (χ0v) is 16.0. The molecule has 27 heavy (non-hydrogen) atoms. The van der Waals surface area contributed by atoms with E-state index < -0.39 is 0 Å². The van der Waals surface area contributed by atoms with Gasteiger partial charge in [-0.1, -0.05) is 25.8 Å². The van der Waals surface area contributed by atoms with Crippen molar-refractivity contribution in [1.82, 2.24) is 19.9 Å². The van der Waals surface area contributed by atoms with Crippen LogP contribution in [0.5, 0.6) is 0 Å². The first-order valence-electron chi connectivity index (χ1n) is 10.00. The van der Waals surface area contributed by atoms with Crippen LogP contribution in [0.15, 0.2) is 48.7 Å². The zero-order valence-electron chi connectivity index (χ0n) is 16.0. The molecule has 1 aromatic carbocycles. The van der Waals surface area contributed by atoms with Crippen LogP contribution in [0.1, 0.15) is 26.2 Å². The smallest absolute Gasteiger partial charge is 0.250 e. The highest BCUT2D eigenvalue weighted by atomic mass is 15.4. The van der Waals surface area contributed by atoms with Crippen molar-refractivity contribution < 1.29 is 0 Å². The van der Waals surface area contributed by atoms with Crippen LogP contribution in [0.25, 0.3) is 5.65 Å². The van der Waals surface area contributed by atoms with Crippen molar-refractivity contribution in [3.05, 3.63) is 48.7 Å². The van der Waals surface area contributed by atoms with Gasteiger partial charge in [-0.05, 0) is 42.8 Å². The van der Waals surface area contributed by atoms with Crippen molar-refractivity contribution in [2.45, 2.75) is 26.2 Å². The van der Waals surface area contributed by atoms with Crippen molar-refractivity contribution in [3.8, 4) is 0 Å². The quantitative estimate of drug-likeness (QED) is 0.651. The number of unbranched alkanes of at least 4 members (excludes halogenated alkanes) is 2. The van der Waals surface area contributed by atoms with Crippen LogP contribution in [-0.2, 0) is 0 Å². The van der Waals surface area contributed by atoms with Crippen LogP contribution < -0.4 is 15.1 Å². The van der Waals surface area contributed by atoms with E-state index in [4.69, 9.17) is 10.1 Å². The second-order valence-electron chi connectivity index (χ2n) is 7.03. The number of nitrogens with zero attached hydrogens (tertiary/aromatic N) is 5. The maximum absolute atomic E-state index is 4.74. The molecule has 4 rings (SSSR count). The van der Waals surface area contributed by atoms with E-state index in [-0.39, 0.29) is 0 Å². The summed E-state index contributed by atoms with van der Waals surface area (Å²) in [6.07, 6.45) is 5.49. The number of hydrogen-bond acceptors (Lipinski definition) is 5. The Morgan fingerprint density at radius 3 is 2.59 bits per heavy atom. The van der Waals surface area contributed by atoms with Gasteiger partial charge in [0.05, 0.1) is 0 Å². The predicted octanol–water partition coefficient (Wildman–Crippen LogP) is 3.47. The molecule has 1 aliphatic heterocycles. The van der Waals surface area contributed by atoms with Crippen molar-refractivity contribution in [1.29, 1.82) is 0 Å². The number of pyridine rings is 1. The third-order valence-corrected chi connectivity index (χ3v) is 5.10. The van der Waals surface area contributed by atoms with Crippen molar-refractivity contribution in [2.75, 3.05) is 42.5 Å². The SMILES string of the molecule is CCCCCN(c1ccc(N2CCNCC2)cc1)c1nc2ccccn2n1. The van der Waals surface area contributed by atoms with Gasteiger partial charge >= 0.3 is 0 Å². The number of anilines is 3. The Balaban J connectivity index is 1.59. The first-order chi connectivity index (χ1) is 13.3. The fourth-order valence-corrected chi connectivity index (χ4v) is 3.57. The number of benzene rings is 1. The fourth-order valence-electron chi connectivity index (χ4n) is 3.57. The second-order valence-corrected chi connectivity index (χ2v) is 7.03. The van der Waals surface area contributed by atoms with Crippen LogP contribution >= 0.6 is 0 Å². The molecule has 1 aliphatic rings. The molecule has 0 radical (unpaired) electrons. The summed E-state index contributed by atoms with van der Waals surface area (Å²) in [6, 6.07) is 14.8. The van der Waals surface area contributed by atoms with Gasteiger partial charge in [0.2, 0.25) is 5.95 Å². The number of fused-ring (bicyclic) bond motifs is 1. The second kappa shape index (κ2) is 8.39. The molecule has 6 heteroatoms.